The van der Waals surface area contributed by atoms with Gasteiger partial charge in [-0.1, -0.05) is 37.3 Å². The molecule has 0 amide bonds. The van der Waals surface area contributed by atoms with Crippen LogP contribution in [0.2, 0.25) is 0 Å². The quantitative estimate of drug-likeness (QED) is 0.873. The smallest absolute Gasteiger partial charge is 0.0978 e. The Labute approximate surface area is 139 Å². The van der Waals surface area contributed by atoms with E-state index in [9.17, 15) is 0 Å². The first-order chi connectivity index (χ1) is 11.4. The molecule has 1 unspecified atom stereocenters. The van der Waals surface area contributed by atoms with Crippen LogP contribution in [0.1, 0.15) is 49.3 Å². The van der Waals surface area contributed by atoms with Crippen LogP contribution in [0, 0.1) is 0 Å². The van der Waals surface area contributed by atoms with Crippen LogP contribution < -0.4 is 5.32 Å². The molecule has 3 nitrogen and oxygen atoms in total. The van der Waals surface area contributed by atoms with Crippen molar-refractivity contribution in [2.45, 2.75) is 44.2 Å². The molecule has 1 fully saturated rings. The molecule has 1 N–H and O–H groups in total. The highest BCUT2D eigenvalue weighted by Gasteiger charge is 2.27. The van der Waals surface area contributed by atoms with Gasteiger partial charge in [-0.3, -0.25) is 4.98 Å². The third-order valence-electron chi connectivity index (χ3n) is 4.75. The Balaban J connectivity index is 1.65. The van der Waals surface area contributed by atoms with Crippen molar-refractivity contribution in [2.24, 2.45) is 0 Å². The minimum atomic E-state index is 0.139. The van der Waals surface area contributed by atoms with Gasteiger partial charge in [0.2, 0.25) is 0 Å². The summed E-state index contributed by atoms with van der Waals surface area (Å²) in [7, 11) is 0. The molecule has 0 bridgehead atoms. The summed E-state index contributed by atoms with van der Waals surface area (Å²) < 4.78 is 6.06. The van der Waals surface area contributed by atoms with E-state index in [0.29, 0.717) is 12.0 Å². The number of hydrogen-bond acceptors (Lipinski definition) is 3. The molecule has 122 valence electrons. The minimum absolute atomic E-state index is 0.139. The van der Waals surface area contributed by atoms with Gasteiger partial charge in [0.25, 0.3) is 0 Å². The third kappa shape index (κ3) is 4.18. The van der Waals surface area contributed by atoms with Crippen molar-refractivity contribution in [2.75, 3.05) is 13.2 Å². The average molecular weight is 310 g/mol. The number of hydrogen-bond donors (Lipinski definition) is 1. The molecule has 23 heavy (non-hydrogen) atoms. The van der Waals surface area contributed by atoms with E-state index in [0.717, 1.165) is 32.4 Å². The normalized spacial score (nSPS) is 22.7. The largest absolute Gasteiger partial charge is 0.372 e. The lowest BCUT2D eigenvalue weighted by Gasteiger charge is -2.34. The standard InChI is InChI=1S/C20H26N2O/c1-2-16(17-7-4-3-5-8-17)15-22-19-9-6-14-23-20(19)18-10-12-21-13-11-18/h3-5,7-8,10-13,16,19-20,22H,2,6,9,14-15H2,1H3/t16?,19-,20+/m0/s1. The van der Waals surface area contributed by atoms with E-state index in [-0.39, 0.29) is 6.10 Å². The van der Waals surface area contributed by atoms with E-state index in [4.69, 9.17) is 4.74 Å². The van der Waals surface area contributed by atoms with Gasteiger partial charge < -0.3 is 10.1 Å². The van der Waals surface area contributed by atoms with Crippen molar-refractivity contribution in [3.63, 3.8) is 0 Å². The zero-order chi connectivity index (χ0) is 15.9. The molecule has 1 aliphatic heterocycles. The molecule has 3 atom stereocenters. The number of pyridine rings is 1. The first kappa shape index (κ1) is 16.2. The van der Waals surface area contributed by atoms with Crippen LogP contribution in [-0.4, -0.2) is 24.2 Å². The van der Waals surface area contributed by atoms with Crippen molar-refractivity contribution in [3.05, 3.63) is 66.0 Å². The Morgan fingerprint density at radius 3 is 2.70 bits per heavy atom. The topological polar surface area (TPSA) is 34.1 Å². The SMILES string of the molecule is CCC(CN[C@H]1CCCO[C@@H]1c1ccncc1)c1ccccc1. The second-order valence-corrected chi connectivity index (χ2v) is 6.24. The second-order valence-electron chi connectivity index (χ2n) is 6.24. The predicted octanol–water partition coefficient (Wildman–Crippen LogP) is 4.09. The van der Waals surface area contributed by atoms with Gasteiger partial charge in [-0.15, -0.1) is 0 Å². The van der Waals surface area contributed by atoms with Crippen LogP contribution in [0.5, 0.6) is 0 Å². The maximum Gasteiger partial charge on any atom is 0.0978 e. The fourth-order valence-electron chi connectivity index (χ4n) is 3.39. The van der Waals surface area contributed by atoms with Crippen molar-refractivity contribution < 1.29 is 4.74 Å². The van der Waals surface area contributed by atoms with Gasteiger partial charge in [-0.2, -0.15) is 0 Å². The molecule has 3 rings (SSSR count). The number of nitrogens with zero attached hydrogens (tertiary/aromatic N) is 1. The lowest BCUT2D eigenvalue weighted by atomic mass is 9.93. The van der Waals surface area contributed by atoms with E-state index in [1.165, 1.54) is 11.1 Å². The van der Waals surface area contributed by atoms with E-state index in [2.05, 4.69) is 59.7 Å². The molecule has 1 aromatic carbocycles. The Kier molecular flexibility index (Phi) is 5.78. The highest BCUT2D eigenvalue weighted by Crippen LogP contribution is 2.29. The molecule has 3 heteroatoms. The zero-order valence-electron chi connectivity index (χ0n) is 13.8. The summed E-state index contributed by atoms with van der Waals surface area (Å²) in [6, 6.07) is 15.3. The maximum absolute atomic E-state index is 6.06. The highest BCUT2D eigenvalue weighted by atomic mass is 16.5. The monoisotopic (exact) mass is 310 g/mol. The van der Waals surface area contributed by atoms with Crippen LogP contribution in [0.4, 0.5) is 0 Å². The summed E-state index contributed by atoms with van der Waals surface area (Å²) in [5.74, 6) is 0.552. The fourth-order valence-corrected chi connectivity index (χ4v) is 3.39. The summed E-state index contributed by atoms with van der Waals surface area (Å²) in [6.07, 6.45) is 7.27. The Morgan fingerprint density at radius 2 is 1.96 bits per heavy atom. The molecular formula is C20H26N2O. The van der Waals surface area contributed by atoms with Crippen molar-refractivity contribution in [3.8, 4) is 0 Å². The summed E-state index contributed by atoms with van der Waals surface area (Å²) in [5, 5.41) is 3.77. The summed E-state index contributed by atoms with van der Waals surface area (Å²) in [6.45, 7) is 4.11. The molecular weight excluding hydrogens is 284 g/mol. The molecule has 1 saturated heterocycles. The maximum atomic E-state index is 6.06. The predicted molar refractivity (Wildman–Crippen MR) is 93.4 cm³/mol. The number of nitrogens with one attached hydrogen (secondary N) is 1. The number of aromatic nitrogens is 1. The molecule has 0 saturated carbocycles. The summed E-state index contributed by atoms with van der Waals surface area (Å²) in [4.78, 5) is 4.12. The van der Waals surface area contributed by atoms with Crippen LogP contribution >= 0.6 is 0 Å². The molecule has 1 aliphatic rings. The third-order valence-corrected chi connectivity index (χ3v) is 4.75. The van der Waals surface area contributed by atoms with Gasteiger partial charge >= 0.3 is 0 Å². The first-order valence-corrected chi connectivity index (χ1v) is 8.68. The van der Waals surface area contributed by atoms with E-state index < -0.39 is 0 Å². The summed E-state index contributed by atoms with van der Waals surface area (Å²) in [5.41, 5.74) is 2.64. The molecule has 2 aromatic rings. The Morgan fingerprint density at radius 1 is 1.17 bits per heavy atom. The Hall–Kier alpha value is -1.71. The van der Waals surface area contributed by atoms with Crippen LogP contribution in [0.15, 0.2) is 54.9 Å². The fraction of sp³-hybridized carbons (Fsp3) is 0.450. The van der Waals surface area contributed by atoms with Gasteiger partial charge in [0.05, 0.1) is 6.10 Å². The van der Waals surface area contributed by atoms with Gasteiger partial charge in [-0.25, -0.2) is 0 Å². The molecule has 0 aliphatic carbocycles. The van der Waals surface area contributed by atoms with Crippen LogP contribution in [-0.2, 0) is 4.74 Å². The van der Waals surface area contributed by atoms with Crippen molar-refractivity contribution in [1.82, 2.24) is 10.3 Å². The van der Waals surface area contributed by atoms with Crippen LogP contribution in [0.25, 0.3) is 0 Å². The van der Waals surface area contributed by atoms with Gasteiger partial charge in [-0.05, 0) is 48.4 Å². The molecule has 1 aromatic heterocycles. The lowest BCUT2D eigenvalue weighted by molar-refractivity contribution is -0.0110. The van der Waals surface area contributed by atoms with Crippen LogP contribution in [0.3, 0.4) is 0 Å². The van der Waals surface area contributed by atoms with E-state index in [1.807, 2.05) is 12.4 Å². The van der Waals surface area contributed by atoms with Gasteiger partial charge in [0, 0.05) is 31.6 Å². The minimum Gasteiger partial charge on any atom is -0.372 e. The van der Waals surface area contributed by atoms with Crippen molar-refractivity contribution >= 4 is 0 Å². The second kappa shape index (κ2) is 8.23. The molecule has 2 heterocycles. The first-order valence-electron chi connectivity index (χ1n) is 8.68. The van der Waals surface area contributed by atoms with Gasteiger partial charge in [0.15, 0.2) is 0 Å². The molecule has 0 spiro atoms. The summed E-state index contributed by atoms with van der Waals surface area (Å²) >= 11 is 0. The number of ether oxygens (including phenoxy) is 1. The average Bonchev–Trinajstić information content (AvgIpc) is 2.64. The van der Waals surface area contributed by atoms with E-state index in [1.54, 1.807) is 0 Å². The number of rotatable bonds is 6. The van der Waals surface area contributed by atoms with Gasteiger partial charge in [0.1, 0.15) is 0 Å². The zero-order valence-corrected chi connectivity index (χ0v) is 13.8. The lowest BCUT2D eigenvalue weighted by Crippen LogP contribution is -2.41. The van der Waals surface area contributed by atoms with Crippen molar-refractivity contribution in [1.29, 1.82) is 0 Å². The van der Waals surface area contributed by atoms with E-state index >= 15 is 0 Å². The number of benzene rings is 1. The molecule has 0 radical (unpaired) electrons. The Bertz CT molecular complexity index is 573. The highest BCUT2D eigenvalue weighted by molar-refractivity contribution is 5.20.